The standard InChI is InChI=1S/C32H42FN3O7.BrH/c1-7-40-21-10-11-35(16-21)23-13-19(12-22(32(4,5)6)29(23)43-18-26(38)39)24(37)17-36-15-20-14-25(41-8-2)30(42-9-3)28(33)27(20)31(36)34;/h12-14,21,34H,7-11,15-18H2,1-6H3,(H,38,39);1H. The first-order valence-electron chi connectivity index (χ1n) is 14.8. The van der Waals surface area contributed by atoms with Gasteiger partial charge in [-0.3, -0.25) is 10.2 Å². The van der Waals surface area contributed by atoms with Crippen molar-refractivity contribution in [3.8, 4) is 17.2 Å². The Labute approximate surface area is 268 Å². The molecule has 0 aromatic heterocycles. The van der Waals surface area contributed by atoms with Crippen molar-refractivity contribution in [1.82, 2.24) is 4.90 Å². The molecule has 242 valence electrons. The number of aliphatic carboxylic acids is 1. The third-order valence-corrected chi connectivity index (χ3v) is 7.53. The number of benzene rings is 2. The molecule has 12 heteroatoms. The van der Waals surface area contributed by atoms with E-state index in [0.717, 1.165) is 6.42 Å². The number of amidine groups is 1. The van der Waals surface area contributed by atoms with Crippen LogP contribution in [0.15, 0.2) is 18.2 Å². The van der Waals surface area contributed by atoms with Crippen molar-refractivity contribution in [3.63, 3.8) is 0 Å². The molecule has 1 saturated heterocycles. The molecule has 0 radical (unpaired) electrons. The maximum atomic E-state index is 15.6. The van der Waals surface area contributed by atoms with Gasteiger partial charge < -0.3 is 33.9 Å². The lowest BCUT2D eigenvalue weighted by Gasteiger charge is -2.29. The molecule has 2 aliphatic heterocycles. The lowest BCUT2D eigenvalue weighted by Crippen LogP contribution is -2.31. The number of halogens is 2. The van der Waals surface area contributed by atoms with E-state index in [9.17, 15) is 14.7 Å². The molecule has 44 heavy (non-hydrogen) atoms. The molecular weight excluding hydrogens is 637 g/mol. The third-order valence-electron chi connectivity index (χ3n) is 7.53. The number of anilines is 1. The molecule has 1 fully saturated rings. The summed E-state index contributed by atoms with van der Waals surface area (Å²) >= 11 is 0. The lowest BCUT2D eigenvalue weighted by atomic mass is 9.84. The summed E-state index contributed by atoms with van der Waals surface area (Å²) in [5.74, 6) is -1.45. The molecule has 2 N–H and O–H groups in total. The molecular formula is C32H43BrFN3O7. The molecule has 0 aliphatic carbocycles. The van der Waals surface area contributed by atoms with E-state index in [4.69, 9.17) is 24.4 Å². The van der Waals surface area contributed by atoms with E-state index >= 15 is 4.39 Å². The van der Waals surface area contributed by atoms with Crippen LogP contribution in [0.4, 0.5) is 10.1 Å². The molecule has 1 unspecified atom stereocenters. The van der Waals surface area contributed by atoms with Gasteiger partial charge >= 0.3 is 5.97 Å². The SMILES string of the molecule is Br.CCOc1cc2c(c(F)c1OCC)C(=N)N(CC(=O)c1cc(N3CCC(OCC)C3)c(OCC(=O)O)c(C(C)(C)C)c1)C2. The summed E-state index contributed by atoms with van der Waals surface area (Å²) in [4.78, 5) is 28.9. The Bertz CT molecular complexity index is 1400. The average molecular weight is 681 g/mol. The maximum absolute atomic E-state index is 15.6. The summed E-state index contributed by atoms with van der Waals surface area (Å²) < 4.78 is 38.4. The molecule has 2 aliphatic rings. The van der Waals surface area contributed by atoms with Gasteiger partial charge in [-0.1, -0.05) is 20.8 Å². The van der Waals surface area contributed by atoms with Gasteiger partial charge in [0.2, 0.25) is 0 Å². The maximum Gasteiger partial charge on any atom is 0.341 e. The number of Topliss-reactive ketones (excluding diaryl/α,β-unsaturated/α-hetero) is 1. The zero-order chi connectivity index (χ0) is 31.5. The zero-order valence-corrected chi connectivity index (χ0v) is 28.0. The number of ketones is 1. The first kappa shape index (κ1) is 35.1. The van der Waals surface area contributed by atoms with Crippen molar-refractivity contribution in [1.29, 1.82) is 5.41 Å². The monoisotopic (exact) mass is 679 g/mol. The Kier molecular flexibility index (Phi) is 11.6. The Balaban J connectivity index is 0.00000529. The van der Waals surface area contributed by atoms with Crippen LogP contribution < -0.4 is 19.1 Å². The normalized spacial score (nSPS) is 16.1. The van der Waals surface area contributed by atoms with Crippen LogP contribution in [0, 0.1) is 11.2 Å². The number of carboxylic acid groups (broad SMARTS) is 1. The molecule has 4 rings (SSSR count). The van der Waals surface area contributed by atoms with Crippen molar-refractivity contribution >= 4 is 40.3 Å². The summed E-state index contributed by atoms with van der Waals surface area (Å²) in [7, 11) is 0. The van der Waals surface area contributed by atoms with Crippen LogP contribution in [0.1, 0.15) is 75.0 Å². The largest absolute Gasteiger partial charge is 0.490 e. The molecule has 2 aromatic rings. The number of ether oxygens (including phenoxy) is 4. The first-order chi connectivity index (χ1) is 20.4. The van der Waals surface area contributed by atoms with E-state index in [1.54, 1.807) is 32.0 Å². The van der Waals surface area contributed by atoms with Crippen molar-refractivity contribution in [2.75, 3.05) is 51.0 Å². The smallest absolute Gasteiger partial charge is 0.341 e. The summed E-state index contributed by atoms with van der Waals surface area (Å²) in [5, 5.41) is 18.1. The van der Waals surface area contributed by atoms with Gasteiger partial charge in [0.05, 0.1) is 37.1 Å². The lowest BCUT2D eigenvalue weighted by molar-refractivity contribution is -0.139. The molecule has 1 atom stereocenters. The number of carbonyl (C=O) groups is 2. The molecule has 10 nitrogen and oxygen atoms in total. The minimum absolute atomic E-state index is 0. The number of carboxylic acids is 1. The predicted molar refractivity (Wildman–Crippen MR) is 171 cm³/mol. The Morgan fingerprint density at radius 3 is 2.36 bits per heavy atom. The van der Waals surface area contributed by atoms with Crippen LogP contribution in [-0.4, -0.2) is 79.8 Å². The number of nitrogens with one attached hydrogen (secondary N) is 1. The fraction of sp³-hybridized carbons (Fsp3) is 0.531. The highest BCUT2D eigenvalue weighted by molar-refractivity contribution is 8.93. The molecule has 2 aromatic carbocycles. The highest BCUT2D eigenvalue weighted by Gasteiger charge is 2.35. The second-order valence-electron chi connectivity index (χ2n) is 11.7. The first-order valence-corrected chi connectivity index (χ1v) is 14.8. The highest BCUT2D eigenvalue weighted by Crippen LogP contribution is 2.43. The van der Waals surface area contributed by atoms with Crippen LogP contribution in [0.25, 0.3) is 0 Å². The highest BCUT2D eigenvalue weighted by atomic mass is 79.9. The van der Waals surface area contributed by atoms with Crippen molar-refractivity contribution < 1.29 is 38.0 Å². The molecule has 2 heterocycles. The number of hydrogen-bond donors (Lipinski definition) is 2. The van der Waals surface area contributed by atoms with E-state index in [1.165, 1.54) is 4.90 Å². The van der Waals surface area contributed by atoms with Crippen LogP contribution >= 0.6 is 17.0 Å². The number of rotatable bonds is 13. The van der Waals surface area contributed by atoms with Gasteiger partial charge in [0.15, 0.2) is 29.7 Å². The number of hydrogen-bond acceptors (Lipinski definition) is 8. The van der Waals surface area contributed by atoms with Gasteiger partial charge in [-0.05, 0) is 56.4 Å². The van der Waals surface area contributed by atoms with Crippen LogP contribution in [0.5, 0.6) is 17.2 Å². The topological polar surface area (TPSA) is 122 Å². The van der Waals surface area contributed by atoms with Gasteiger partial charge in [0.25, 0.3) is 0 Å². The van der Waals surface area contributed by atoms with Crippen molar-refractivity contribution in [2.45, 2.75) is 66.0 Å². The van der Waals surface area contributed by atoms with E-state index in [-0.39, 0.29) is 71.5 Å². The van der Waals surface area contributed by atoms with Crippen LogP contribution in [-0.2, 0) is 21.5 Å². The second-order valence-corrected chi connectivity index (χ2v) is 11.7. The van der Waals surface area contributed by atoms with Crippen molar-refractivity contribution in [2.24, 2.45) is 0 Å². The zero-order valence-electron chi connectivity index (χ0n) is 26.3. The van der Waals surface area contributed by atoms with E-state index < -0.39 is 23.8 Å². The summed E-state index contributed by atoms with van der Waals surface area (Å²) in [5.41, 5.74) is 1.90. The van der Waals surface area contributed by atoms with Gasteiger partial charge in [0.1, 0.15) is 11.6 Å². The summed E-state index contributed by atoms with van der Waals surface area (Å²) in [6.45, 7) is 13.3. The minimum atomic E-state index is -1.10. The third kappa shape index (κ3) is 7.46. The summed E-state index contributed by atoms with van der Waals surface area (Å²) in [6, 6.07) is 5.16. The van der Waals surface area contributed by atoms with Gasteiger partial charge in [-0.15, -0.1) is 17.0 Å². The Morgan fingerprint density at radius 1 is 1.05 bits per heavy atom. The van der Waals surface area contributed by atoms with E-state index in [2.05, 4.69) is 4.90 Å². The van der Waals surface area contributed by atoms with Gasteiger partial charge in [0, 0.05) is 37.4 Å². The van der Waals surface area contributed by atoms with Gasteiger partial charge in [-0.25, -0.2) is 9.18 Å². The van der Waals surface area contributed by atoms with Gasteiger partial charge in [-0.2, -0.15) is 0 Å². The van der Waals surface area contributed by atoms with E-state index in [1.807, 2.05) is 27.7 Å². The molecule has 0 bridgehead atoms. The fourth-order valence-electron chi connectivity index (χ4n) is 5.59. The number of nitrogens with zero attached hydrogens (tertiary/aromatic N) is 2. The quantitative estimate of drug-likeness (QED) is 0.261. The molecule has 0 saturated carbocycles. The number of carbonyl (C=O) groups excluding carboxylic acids is 1. The predicted octanol–water partition coefficient (Wildman–Crippen LogP) is 5.60. The van der Waals surface area contributed by atoms with Crippen LogP contribution in [0.3, 0.4) is 0 Å². The second kappa shape index (κ2) is 14.6. The average Bonchev–Trinajstić information content (AvgIpc) is 3.53. The van der Waals surface area contributed by atoms with E-state index in [0.29, 0.717) is 54.4 Å². The summed E-state index contributed by atoms with van der Waals surface area (Å²) in [6.07, 6.45) is 0.800. The number of fused-ring (bicyclic) bond motifs is 1. The van der Waals surface area contributed by atoms with Crippen molar-refractivity contribution in [3.05, 3.63) is 46.3 Å². The fourth-order valence-corrected chi connectivity index (χ4v) is 5.59. The Morgan fingerprint density at radius 2 is 1.75 bits per heavy atom. The minimum Gasteiger partial charge on any atom is -0.490 e. The van der Waals surface area contributed by atoms with Crippen LogP contribution in [0.2, 0.25) is 0 Å². The molecule has 0 amide bonds. The Hall–Kier alpha value is -3.38. The molecule has 0 spiro atoms.